The Balaban J connectivity index is 1.94. The highest BCUT2D eigenvalue weighted by Crippen LogP contribution is 2.26. The molecule has 1 heterocycles. The smallest absolute Gasteiger partial charge is 0.142 e. The van der Waals surface area contributed by atoms with Crippen LogP contribution in [-0.2, 0) is 0 Å². The minimum Gasteiger partial charge on any atom is -0.369 e. The van der Waals surface area contributed by atoms with E-state index < -0.39 is 0 Å². The molecular weight excluding hydrogens is 203 g/mol. The van der Waals surface area contributed by atoms with Crippen LogP contribution in [0, 0.1) is 0 Å². The Bertz CT molecular complexity index is 299. The summed E-state index contributed by atoms with van der Waals surface area (Å²) < 4.78 is 13.6. The zero-order valence-electron chi connectivity index (χ0n) is 10.2. The van der Waals surface area contributed by atoms with Crippen LogP contribution in [0.25, 0.3) is 0 Å². The van der Waals surface area contributed by atoms with Crippen molar-refractivity contribution in [2.45, 2.75) is 31.7 Å². The topological polar surface area (TPSA) is 6.48 Å². The van der Waals surface area contributed by atoms with Crippen molar-refractivity contribution in [3.63, 3.8) is 0 Å². The normalized spacial score (nSPS) is 23.4. The first-order valence-electron chi connectivity index (χ1n) is 6.16. The number of hydrogen-bond donors (Lipinski definition) is 0. The molecule has 0 atom stereocenters. The summed E-state index contributed by atoms with van der Waals surface area (Å²) >= 11 is 0. The molecule has 0 amide bonds. The highest BCUT2D eigenvalue weighted by atomic mass is 19.1. The molecule has 3 heteroatoms. The summed E-state index contributed by atoms with van der Waals surface area (Å²) in [5.41, 5.74) is 0.837. The van der Waals surface area contributed by atoms with E-state index in [-0.39, 0.29) is 5.83 Å². The lowest BCUT2D eigenvalue weighted by molar-refractivity contribution is 0.169. The predicted octanol–water partition coefficient (Wildman–Crippen LogP) is 2.54. The average Bonchev–Trinajstić information content (AvgIpc) is 2.30. The number of halogens is 1. The Morgan fingerprint density at radius 3 is 2.38 bits per heavy atom. The van der Waals surface area contributed by atoms with Gasteiger partial charge in [-0.2, -0.15) is 0 Å². The number of piperidine rings is 1. The molecule has 0 bridgehead atoms. The van der Waals surface area contributed by atoms with Gasteiger partial charge in [0.1, 0.15) is 5.83 Å². The van der Waals surface area contributed by atoms with Gasteiger partial charge >= 0.3 is 0 Å². The summed E-state index contributed by atoms with van der Waals surface area (Å²) in [6.45, 7) is 1.96. The predicted molar refractivity (Wildman–Crippen MR) is 64.8 cm³/mol. The molecule has 0 radical (unpaired) electrons. The van der Waals surface area contributed by atoms with Gasteiger partial charge in [-0.15, -0.1) is 0 Å². The lowest BCUT2D eigenvalue weighted by Gasteiger charge is -2.37. The lowest BCUT2D eigenvalue weighted by Crippen LogP contribution is -2.41. The molecule has 0 spiro atoms. The summed E-state index contributed by atoms with van der Waals surface area (Å²) in [6.07, 6.45) is 7.87. The molecule has 0 aromatic rings. The van der Waals surface area contributed by atoms with Crippen LogP contribution in [0.4, 0.5) is 4.39 Å². The Morgan fingerprint density at radius 2 is 1.81 bits per heavy atom. The minimum absolute atomic E-state index is 0.0189. The van der Waals surface area contributed by atoms with Crippen molar-refractivity contribution in [3.05, 3.63) is 23.7 Å². The molecule has 0 aromatic carbocycles. The van der Waals surface area contributed by atoms with E-state index in [1.54, 1.807) is 6.08 Å². The van der Waals surface area contributed by atoms with Gasteiger partial charge in [-0.3, -0.25) is 0 Å². The van der Waals surface area contributed by atoms with Crippen LogP contribution < -0.4 is 0 Å². The van der Waals surface area contributed by atoms with Crippen molar-refractivity contribution < 1.29 is 4.39 Å². The summed E-state index contributed by atoms with van der Waals surface area (Å²) in [4.78, 5) is 4.48. The maximum atomic E-state index is 13.6. The largest absolute Gasteiger partial charge is 0.369 e. The Hall–Kier alpha value is -0.830. The minimum atomic E-state index is -0.0189. The van der Waals surface area contributed by atoms with Crippen LogP contribution in [0.2, 0.25) is 0 Å². The molecule has 1 aliphatic heterocycles. The molecule has 1 aliphatic carbocycles. The molecule has 90 valence electrons. The molecule has 2 aliphatic rings. The van der Waals surface area contributed by atoms with E-state index in [1.807, 2.05) is 6.08 Å². The Morgan fingerprint density at radius 1 is 1.19 bits per heavy atom. The van der Waals surface area contributed by atoms with E-state index >= 15 is 0 Å². The zero-order chi connectivity index (χ0) is 11.5. The van der Waals surface area contributed by atoms with Crippen molar-refractivity contribution >= 4 is 0 Å². The molecule has 0 aromatic heterocycles. The van der Waals surface area contributed by atoms with E-state index in [9.17, 15) is 4.39 Å². The van der Waals surface area contributed by atoms with E-state index in [4.69, 9.17) is 0 Å². The van der Waals surface area contributed by atoms with Crippen LogP contribution in [0.3, 0.4) is 0 Å². The zero-order valence-corrected chi connectivity index (χ0v) is 10.2. The second-order valence-corrected chi connectivity index (χ2v) is 4.90. The molecule has 2 rings (SSSR count). The number of allylic oxidation sites excluding steroid dienone is 3. The quantitative estimate of drug-likeness (QED) is 0.711. The molecule has 0 saturated carbocycles. The first-order valence-corrected chi connectivity index (χ1v) is 6.16. The third kappa shape index (κ3) is 2.46. The summed E-state index contributed by atoms with van der Waals surface area (Å²) in [5, 5.41) is 0. The van der Waals surface area contributed by atoms with Crippen LogP contribution in [-0.4, -0.2) is 43.0 Å². The second kappa shape index (κ2) is 5.00. The van der Waals surface area contributed by atoms with Crippen LogP contribution in [0.5, 0.6) is 0 Å². The SMILES string of the molecule is CN(C)C1CCN(C2=CCCC=C2F)CC1. The van der Waals surface area contributed by atoms with Crippen molar-refractivity contribution in [1.82, 2.24) is 9.80 Å². The lowest BCUT2D eigenvalue weighted by atomic mass is 10.0. The fourth-order valence-corrected chi connectivity index (χ4v) is 2.54. The first-order chi connectivity index (χ1) is 7.68. The van der Waals surface area contributed by atoms with Crippen molar-refractivity contribution in [2.75, 3.05) is 27.2 Å². The van der Waals surface area contributed by atoms with E-state index in [2.05, 4.69) is 23.9 Å². The second-order valence-electron chi connectivity index (χ2n) is 4.90. The number of likely N-dealkylation sites (tertiary alicyclic amines) is 1. The average molecular weight is 224 g/mol. The number of hydrogen-bond acceptors (Lipinski definition) is 2. The van der Waals surface area contributed by atoms with Gasteiger partial charge in [-0.1, -0.05) is 6.08 Å². The molecule has 0 N–H and O–H groups in total. The molecule has 16 heavy (non-hydrogen) atoms. The molecule has 1 fully saturated rings. The van der Waals surface area contributed by atoms with Crippen molar-refractivity contribution in [2.24, 2.45) is 0 Å². The van der Waals surface area contributed by atoms with Gasteiger partial charge in [0.15, 0.2) is 0 Å². The third-order valence-corrected chi connectivity index (χ3v) is 3.61. The van der Waals surface area contributed by atoms with Crippen molar-refractivity contribution in [3.8, 4) is 0 Å². The van der Waals surface area contributed by atoms with Crippen LogP contribution in [0.1, 0.15) is 25.7 Å². The standard InChI is InChI=1S/C13H21FN2/c1-15(2)11-7-9-16(10-8-11)13-6-4-3-5-12(13)14/h5-6,11H,3-4,7-10H2,1-2H3. The molecule has 1 saturated heterocycles. The number of rotatable bonds is 2. The van der Waals surface area contributed by atoms with E-state index in [1.165, 1.54) is 0 Å². The van der Waals surface area contributed by atoms with E-state index in [0.29, 0.717) is 6.04 Å². The fraction of sp³-hybridized carbons (Fsp3) is 0.692. The highest BCUT2D eigenvalue weighted by Gasteiger charge is 2.24. The van der Waals surface area contributed by atoms with Crippen LogP contribution in [0.15, 0.2) is 23.7 Å². The monoisotopic (exact) mass is 224 g/mol. The molecule has 2 nitrogen and oxygen atoms in total. The summed E-state index contributed by atoms with van der Waals surface area (Å²) in [6, 6.07) is 0.660. The van der Waals surface area contributed by atoms with E-state index in [0.717, 1.165) is 44.5 Å². The van der Waals surface area contributed by atoms with Gasteiger partial charge in [0.2, 0.25) is 0 Å². The maximum absolute atomic E-state index is 13.6. The Kier molecular flexibility index (Phi) is 3.64. The maximum Gasteiger partial charge on any atom is 0.142 e. The van der Waals surface area contributed by atoms with Gasteiger partial charge in [0.25, 0.3) is 0 Å². The summed E-state index contributed by atoms with van der Waals surface area (Å²) in [5.74, 6) is -0.0189. The van der Waals surface area contributed by atoms with Crippen molar-refractivity contribution in [1.29, 1.82) is 0 Å². The summed E-state index contributed by atoms with van der Waals surface area (Å²) in [7, 11) is 4.25. The third-order valence-electron chi connectivity index (χ3n) is 3.61. The Labute approximate surface area is 97.4 Å². The fourth-order valence-electron chi connectivity index (χ4n) is 2.54. The highest BCUT2D eigenvalue weighted by molar-refractivity contribution is 5.27. The number of nitrogens with zero attached hydrogens (tertiary/aromatic N) is 2. The van der Waals surface area contributed by atoms with Gasteiger partial charge < -0.3 is 9.80 Å². The van der Waals surface area contributed by atoms with Gasteiger partial charge in [0, 0.05) is 19.1 Å². The first kappa shape index (κ1) is 11.6. The van der Waals surface area contributed by atoms with Gasteiger partial charge in [0.05, 0.1) is 5.70 Å². The van der Waals surface area contributed by atoms with Gasteiger partial charge in [-0.05, 0) is 45.9 Å². The van der Waals surface area contributed by atoms with Gasteiger partial charge in [-0.25, -0.2) is 4.39 Å². The molecule has 0 unspecified atom stereocenters. The molecular formula is C13H21FN2. The van der Waals surface area contributed by atoms with Crippen LogP contribution >= 0.6 is 0 Å².